The van der Waals surface area contributed by atoms with E-state index in [1.165, 1.54) is 0 Å². The molecule has 2 heterocycles. The zero-order chi connectivity index (χ0) is 9.97. The van der Waals surface area contributed by atoms with E-state index in [1.54, 1.807) is 6.20 Å². The minimum atomic E-state index is -0.457. The summed E-state index contributed by atoms with van der Waals surface area (Å²) in [5, 5.41) is 9.91. The summed E-state index contributed by atoms with van der Waals surface area (Å²) in [6.45, 7) is 1.61. The van der Waals surface area contributed by atoms with Gasteiger partial charge in [-0.25, -0.2) is 4.98 Å². The van der Waals surface area contributed by atoms with E-state index >= 15 is 0 Å². The van der Waals surface area contributed by atoms with Crippen molar-refractivity contribution in [3.63, 3.8) is 0 Å². The molecule has 1 saturated heterocycles. The lowest BCUT2D eigenvalue weighted by Crippen LogP contribution is -2.11. The van der Waals surface area contributed by atoms with Crippen LogP contribution in [0.5, 0.6) is 0 Å². The highest BCUT2D eigenvalue weighted by molar-refractivity contribution is 4.96. The summed E-state index contributed by atoms with van der Waals surface area (Å²) in [6, 6.07) is 0. The highest BCUT2D eigenvalue weighted by atomic mass is 16.5. The van der Waals surface area contributed by atoms with Crippen molar-refractivity contribution in [2.45, 2.75) is 18.9 Å². The number of aliphatic hydroxyl groups excluding tert-OH is 1. The Bertz CT molecular complexity index is 292. The highest BCUT2D eigenvalue weighted by Gasteiger charge is 2.22. The predicted octanol–water partition coefficient (Wildman–Crippen LogP) is 0.880. The van der Waals surface area contributed by atoms with Gasteiger partial charge in [-0.1, -0.05) is 0 Å². The van der Waals surface area contributed by atoms with E-state index in [4.69, 9.17) is 4.74 Å². The minimum absolute atomic E-state index is 0.457. The molecule has 14 heavy (non-hydrogen) atoms. The van der Waals surface area contributed by atoms with E-state index in [9.17, 15) is 5.11 Å². The first-order valence-electron chi connectivity index (χ1n) is 5.00. The van der Waals surface area contributed by atoms with Crippen molar-refractivity contribution in [3.8, 4) is 0 Å². The number of aryl methyl sites for hydroxylation is 1. The summed E-state index contributed by atoms with van der Waals surface area (Å²) in [5.74, 6) is 1.23. The third kappa shape index (κ3) is 1.96. The van der Waals surface area contributed by atoms with Crippen molar-refractivity contribution in [1.29, 1.82) is 0 Å². The lowest BCUT2D eigenvalue weighted by Gasteiger charge is -2.13. The molecule has 78 valence electrons. The molecule has 4 heteroatoms. The second-order valence-electron chi connectivity index (χ2n) is 3.88. The number of aromatic nitrogens is 2. The molecule has 1 N–H and O–H groups in total. The molecule has 2 atom stereocenters. The van der Waals surface area contributed by atoms with Crippen LogP contribution in [-0.4, -0.2) is 27.9 Å². The summed E-state index contributed by atoms with van der Waals surface area (Å²) in [5.41, 5.74) is 0. The quantitative estimate of drug-likeness (QED) is 0.780. The smallest absolute Gasteiger partial charge is 0.137 e. The van der Waals surface area contributed by atoms with Crippen molar-refractivity contribution in [2.75, 3.05) is 13.2 Å². The first-order valence-corrected chi connectivity index (χ1v) is 5.00. The Morgan fingerprint density at radius 1 is 1.79 bits per heavy atom. The molecule has 1 aromatic heterocycles. The van der Waals surface area contributed by atoms with Crippen molar-refractivity contribution >= 4 is 0 Å². The number of aliphatic hydroxyl groups is 1. The van der Waals surface area contributed by atoms with E-state index in [2.05, 4.69) is 4.98 Å². The van der Waals surface area contributed by atoms with E-state index < -0.39 is 6.10 Å². The molecule has 1 aliphatic rings. The average Bonchev–Trinajstić information content (AvgIpc) is 2.75. The lowest BCUT2D eigenvalue weighted by molar-refractivity contribution is 0.120. The van der Waals surface area contributed by atoms with Crippen LogP contribution in [0.2, 0.25) is 0 Å². The fourth-order valence-corrected chi connectivity index (χ4v) is 1.89. The number of hydrogen-bond donors (Lipinski definition) is 1. The average molecular weight is 196 g/mol. The van der Waals surface area contributed by atoms with Gasteiger partial charge in [-0.2, -0.15) is 0 Å². The Hall–Kier alpha value is -0.870. The van der Waals surface area contributed by atoms with Crippen LogP contribution >= 0.6 is 0 Å². The van der Waals surface area contributed by atoms with Crippen LogP contribution in [0.3, 0.4) is 0 Å². The molecule has 1 fully saturated rings. The molecular formula is C10H16N2O2. The Balaban J connectivity index is 1.95. The van der Waals surface area contributed by atoms with Gasteiger partial charge < -0.3 is 14.4 Å². The minimum Gasteiger partial charge on any atom is -0.385 e. The topological polar surface area (TPSA) is 47.3 Å². The normalized spacial score (nSPS) is 24.0. The maximum Gasteiger partial charge on any atom is 0.137 e. The second kappa shape index (κ2) is 4.11. The fraction of sp³-hybridized carbons (Fsp3) is 0.700. The van der Waals surface area contributed by atoms with Crippen LogP contribution in [0.25, 0.3) is 0 Å². The molecule has 0 radical (unpaired) electrons. The Kier molecular flexibility index (Phi) is 2.84. The van der Waals surface area contributed by atoms with Gasteiger partial charge in [0.05, 0.1) is 0 Å². The van der Waals surface area contributed by atoms with Gasteiger partial charge in [0, 0.05) is 32.7 Å². The van der Waals surface area contributed by atoms with Gasteiger partial charge in [-0.3, -0.25) is 0 Å². The standard InChI is InChI=1S/C10H16N2O2/c1-12-4-3-11-10(12)9(13)6-8-2-5-14-7-8/h3-4,8-9,13H,2,5-7H2,1H3. The zero-order valence-corrected chi connectivity index (χ0v) is 8.39. The highest BCUT2D eigenvalue weighted by Crippen LogP contribution is 2.24. The fourth-order valence-electron chi connectivity index (χ4n) is 1.89. The van der Waals surface area contributed by atoms with Crippen LogP contribution in [0, 0.1) is 5.92 Å². The Morgan fingerprint density at radius 2 is 2.64 bits per heavy atom. The van der Waals surface area contributed by atoms with E-state index in [0.717, 1.165) is 31.9 Å². The third-order valence-electron chi connectivity index (χ3n) is 2.74. The molecule has 1 aliphatic heterocycles. The number of hydrogen-bond acceptors (Lipinski definition) is 3. The summed E-state index contributed by atoms with van der Waals surface area (Å²) >= 11 is 0. The maximum absolute atomic E-state index is 9.91. The number of imidazole rings is 1. The van der Waals surface area contributed by atoms with Gasteiger partial charge in [0.2, 0.25) is 0 Å². The van der Waals surface area contributed by atoms with Crippen LogP contribution in [0.4, 0.5) is 0 Å². The van der Waals surface area contributed by atoms with Gasteiger partial charge in [-0.15, -0.1) is 0 Å². The molecule has 0 bridgehead atoms. The van der Waals surface area contributed by atoms with Crippen molar-refractivity contribution in [1.82, 2.24) is 9.55 Å². The van der Waals surface area contributed by atoms with E-state index in [-0.39, 0.29) is 0 Å². The molecule has 0 spiro atoms. The Labute approximate surface area is 83.5 Å². The largest absolute Gasteiger partial charge is 0.385 e. The molecular weight excluding hydrogens is 180 g/mol. The second-order valence-corrected chi connectivity index (χ2v) is 3.88. The van der Waals surface area contributed by atoms with Crippen LogP contribution in [0.1, 0.15) is 24.8 Å². The molecule has 0 amide bonds. The van der Waals surface area contributed by atoms with Gasteiger partial charge in [0.1, 0.15) is 11.9 Å². The van der Waals surface area contributed by atoms with E-state index in [1.807, 2.05) is 17.8 Å². The molecule has 2 unspecified atom stereocenters. The number of nitrogens with zero attached hydrogens (tertiary/aromatic N) is 2. The van der Waals surface area contributed by atoms with Crippen molar-refractivity contribution in [2.24, 2.45) is 13.0 Å². The Morgan fingerprint density at radius 3 is 3.21 bits per heavy atom. The molecule has 2 rings (SSSR count). The summed E-state index contributed by atoms with van der Waals surface area (Å²) in [6.07, 6.45) is 4.92. The van der Waals surface area contributed by atoms with Gasteiger partial charge >= 0.3 is 0 Å². The first-order chi connectivity index (χ1) is 6.77. The zero-order valence-electron chi connectivity index (χ0n) is 8.39. The number of ether oxygens (including phenoxy) is 1. The van der Waals surface area contributed by atoms with Crippen molar-refractivity contribution < 1.29 is 9.84 Å². The monoisotopic (exact) mass is 196 g/mol. The van der Waals surface area contributed by atoms with Gasteiger partial charge in [0.25, 0.3) is 0 Å². The third-order valence-corrected chi connectivity index (χ3v) is 2.74. The SMILES string of the molecule is Cn1ccnc1C(O)CC1CCOC1. The van der Waals surface area contributed by atoms with Gasteiger partial charge in [0.15, 0.2) is 0 Å². The summed E-state index contributed by atoms with van der Waals surface area (Å²) < 4.78 is 7.13. The number of rotatable bonds is 3. The summed E-state index contributed by atoms with van der Waals surface area (Å²) in [4.78, 5) is 4.13. The van der Waals surface area contributed by atoms with Gasteiger partial charge in [-0.05, 0) is 18.8 Å². The predicted molar refractivity (Wildman–Crippen MR) is 51.7 cm³/mol. The molecule has 0 saturated carbocycles. The van der Waals surface area contributed by atoms with Crippen LogP contribution in [-0.2, 0) is 11.8 Å². The lowest BCUT2D eigenvalue weighted by atomic mass is 10.0. The molecule has 1 aromatic rings. The molecule has 0 aliphatic carbocycles. The molecule has 4 nitrogen and oxygen atoms in total. The molecule has 0 aromatic carbocycles. The summed E-state index contributed by atoms with van der Waals surface area (Å²) in [7, 11) is 1.90. The maximum atomic E-state index is 9.91. The first kappa shape index (κ1) is 9.68. The van der Waals surface area contributed by atoms with Crippen molar-refractivity contribution in [3.05, 3.63) is 18.2 Å². The van der Waals surface area contributed by atoms with Crippen LogP contribution in [0.15, 0.2) is 12.4 Å². The van der Waals surface area contributed by atoms with E-state index in [0.29, 0.717) is 5.92 Å². The van der Waals surface area contributed by atoms with Crippen LogP contribution < -0.4 is 0 Å².